The van der Waals surface area contributed by atoms with Gasteiger partial charge in [0.05, 0.1) is 0 Å². The molecule has 0 saturated carbocycles. The quantitative estimate of drug-likeness (QED) is 0.783. The van der Waals surface area contributed by atoms with Gasteiger partial charge >= 0.3 is 5.97 Å². The number of hydrogen-bond donors (Lipinski definition) is 1. The highest BCUT2D eigenvalue weighted by Crippen LogP contribution is 2.17. The fourth-order valence-corrected chi connectivity index (χ4v) is 1.42. The molecule has 4 nitrogen and oxygen atoms in total. The Hall–Kier alpha value is -1.84. The average Bonchev–Trinajstić information content (AvgIpc) is 2.60. The van der Waals surface area contributed by atoms with Crippen molar-refractivity contribution in [2.24, 2.45) is 0 Å². The van der Waals surface area contributed by atoms with Crippen LogP contribution in [0.3, 0.4) is 0 Å². The summed E-state index contributed by atoms with van der Waals surface area (Å²) in [6, 6.07) is 5.02. The minimum Gasteiger partial charge on any atom is -0.480 e. The van der Waals surface area contributed by atoms with Crippen molar-refractivity contribution >= 4 is 17.0 Å². The van der Waals surface area contributed by atoms with Crippen molar-refractivity contribution in [1.82, 2.24) is 9.55 Å². The van der Waals surface area contributed by atoms with Crippen LogP contribution in [0, 0.1) is 0 Å². The van der Waals surface area contributed by atoms with Gasteiger partial charge in [0, 0.05) is 17.8 Å². The number of fused-ring (bicyclic) bond motifs is 1. The topological polar surface area (TPSA) is 55.1 Å². The first-order valence-corrected chi connectivity index (χ1v) is 4.34. The number of aliphatic carboxylic acids is 1. The van der Waals surface area contributed by atoms with Crippen LogP contribution < -0.4 is 0 Å². The molecule has 0 radical (unpaired) electrons. The van der Waals surface area contributed by atoms with Gasteiger partial charge in [0.2, 0.25) is 0 Å². The van der Waals surface area contributed by atoms with Gasteiger partial charge in [-0.15, -0.1) is 0 Å². The second kappa shape index (κ2) is 3.14. The maximum Gasteiger partial charge on any atom is 0.326 e. The van der Waals surface area contributed by atoms with Gasteiger partial charge < -0.3 is 9.67 Å². The van der Waals surface area contributed by atoms with E-state index in [1.807, 2.05) is 18.2 Å². The van der Waals surface area contributed by atoms with E-state index < -0.39 is 12.0 Å². The SMILES string of the molecule is CC(C(=O)O)n1ccc2cccnc21. The van der Waals surface area contributed by atoms with Gasteiger partial charge in [-0.3, -0.25) is 0 Å². The second-order valence-corrected chi connectivity index (χ2v) is 3.15. The van der Waals surface area contributed by atoms with Crippen LogP contribution in [0.25, 0.3) is 11.0 Å². The summed E-state index contributed by atoms with van der Waals surface area (Å²) in [5.74, 6) is -0.854. The second-order valence-electron chi connectivity index (χ2n) is 3.15. The Morgan fingerprint density at radius 3 is 3.07 bits per heavy atom. The highest BCUT2D eigenvalue weighted by Gasteiger charge is 2.14. The van der Waals surface area contributed by atoms with Crippen LogP contribution in [0.2, 0.25) is 0 Å². The van der Waals surface area contributed by atoms with Crippen LogP contribution >= 0.6 is 0 Å². The zero-order chi connectivity index (χ0) is 10.1. The summed E-state index contributed by atoms with van der Waals surface area (Å²) in [7, 11) is 0. The number of hydrogen-bond acceptors (Lipinski definition) is 2. The molecular formula is C10H10N2O2. The smallest absolute Gasteiger partial charge is 0.326 e. The largest absolute Gasteiger partial charge is 0.480 e. The molecule has 0 aliphatic heterocycles. The number of rotatable bonds is 2. The Kier molecular flexibility index (Phi) is 1.96. The minimum absolute atomic E-state index is 0.581. The normalized spacial score (nSPS) is 12.9. The molecule has 0 bridgehead atoms. The lowest BCUT2D eigenvalue weighted by Crippen LogP contribution is -2.14. The monoisotopic (exact) mass is 190 g/mol. The van der Waals surface area contributed by atoms with Crippen LogP contribution in [0.4, 0.5) is 0 Å². The molecule has 72 valence electrons. The molecule has 2 aromatic heterocycles. The summed E-state index contributed by atoms with van der Waals surface area (Å²) >= 11 is 0. The van der Waals surface area contributed by atoms with Crippen molar-refractivity contribution < 1.29 is 9.90 Å². The molecule has 2 rings (SSSR count). The van der Waals surface area contributed by atoms with E-state index in [2.05, 4.69) is 4.98 Å². The molecule has 2 aromatic rings. The summed E-state index contributed by atoms with van der Waals surface area (Å²) in [5, 5.41) is 9.82. The van der Waals surface area contributed by atoms with Gasteiger partial charge in [0.25, 0.3) is 0 Å². The molecule has 1 N–H and O–H groups in total. The highest BCUT2D eigenvalue weighted by molar-refractivity contribution is 5.79. The van der Waals surface area contributed by atoms with Crippen LogP contribution in [0.5, 0.6) is 0 Å². The Balaban J connectivity index is 2.58. The highest BCUT2D eigenvalue weighted by atomic mass is 16.4. The summed E-state index contributed by atoms with van der Waals surface area (Å²) in [6.07, 6.45) is 3.41. The van der Waals surface area contributed by atoms with Gasteiger partial charge in [-0.2, -0.15) is 0 Å². The molecule has 0 aliphatic carbocycles. The van der Waals surface area contributed by atoms with Gasteiger partial charge in [0.1, 0.15) is 11.7 Å². The molecular weight excluding hydrogens is 180 g/mol. The van der Waals surface area contributed by atoms with E-state index in [9.17, 15) is 4.79 Å². The average molecular weight is 190 g/mol. The summed E-state index contributed by atoms with van der Waals surface area (Å²) < 4.78 is 1.65. The third-order valence-electron chi connectivity index (χ3n) is 2.25. The maximum atomic E-state index is 10.8. The fourth-order valence-electron chi connectivity index (χ4n) is 1.42. The molecule has 0 spiro atoms. The van der Waals surface area contributed by atoms with Crippen molar-refractivity contribution in [3.63, 3.8) is 0 Å². The standard InChI is InChI=1S/C10H10N2O2/c1-7(10(13)14)12-6-4-8-3-2-5-11-9(8)12/h2-7H,1H3,(H,13,14). The Labute approximate surface area is 80.8 Å². The predicted octanol–water partition coefficient (Wildman–Crippen LogP) is 1.68. The van der Waals surface area contributed by atoms with Crippen molar-refractivity contribution in [2.75, 3.05) is 0 Å². The van der Waals surface area contributed by atoms with E-state index in [1.54, 1.807) is 23.9 Å². The number of carboxylic acid groups (broad SMARTS) is 1. The first-order valence-electron chi connectivity index (χ1n) is 4.34. The van der Waals surface area contributed by atoms with E-state index in [0.29, 0.717) is 5.65 Å². The van der Waals surface area contributed by atoms with E-state index in [-0.39, 0.29) is 0 Å². The molecule has 0 amide bonds. The van der Waals surface area contributed by atoms with E-state index in [0.717, 1.165) is 5.39 Å². The molecule has 1 unspecified atom stereocenters. The van der Waals surface area contributed by atoms with Crippen LogP contribution in [0.15, 0.2) is 30.6 Å². The van der Waals surface area contributed by atoms with Gasteiger partial charge in [-0.1, -0.05) is 0 Å². The zero-order valence-corrected chi connectivity index (χ0v) is 7.71. The summed E-state index contributed by atoms with van der Waals surface area (Å²) in [4.78, 5) is 14.9. The zero-order valence-electron chi connectivity index (χ0n) is 7.71. The van der Waals surface area contributed by atoms with Crippen LogP contribution in [-0.2, 0) is 4.79 Å². The molecule has 2 heterocycles. The summed E-state index contributed by atoms with van der Waals surface area (Å²) in [5.41, 5.74) is 0.711. The number of aromatic nitrogens is 2. The predicted molar refractivity (Wildman–Crippen MR) is 52.1 cm³/mol. The first kappa shape index (κ1) is 8.74. The van der Waals surface area contributed by atoms with Crippen molar-refractivity contribution in [3.8, 4) is 0 Å². The lowest BCUT2D eigenvalue weighted by molar-refractivity contribution is -0.140. The van der Waals surface area contributed by atoms with Gasteiger partial charge in [-0.05, 0) is 25.1 Å². The molecule has 1 atom stereocenters. The molecule has 0 aliphatic rings. The lowest BCUT2D eigenvalue weighted by Gasteiger charge is -2.08. The van der Waals surface area contributed by atoms with Crippen molar-refractivity contribution in [2.45, 2.75) is 13.0 Å². The number of pyridine rings is 1. The molecule has 0 saturated heterocycles. The molecule has 0 aromatic carbocycles. The molecule has 4 heteroatoms. The van der Waals surface area contributed by atoms with Gasteiger partial charge in [0.15, 0.2) is 0 Å². The Bertz CT molecular complexity index is 476. The van der Waals surface area contributed by atoms with Crippen LogP contribution in [0.1, 0.15) is 13.0 Å². The van der Waals surface area contributed by atoms with Crippen LogP contribution in [-0.4, -0.2) is 20.6 Å². The van der Waals surface area contributed by atoms with Gasteiger partial charge in [-0.25, -0.2) is 9.78 Å². The van der Waals surface area contributed by atoms with E-state index in [1.165, 1.54) is 0 Å². The number of carboxylic acids is 1. The first-order chi connectivity index (χ1) is 6.70. The number of carbonyl (C=O) groups is 1. The van der Waals surface area contributed by atoms with Crippen molar-refractivity contribution in [1.29, 1.82) is 0 Å². The minimum atomic E-state index is -0.854. The third kappa shape index (κ3) is 1.25. The molecule has 0 fully saturated rings. The lowest BCUT2D eigenvalue weighted by atomic mass is 10.3. The maximum absolute atomic E-state index is 10.8. The van der Waals surface area contributed by atoms with Crippen molar-refractivity contribution in [3.05, 3.63) is 30.6 Å². The third-order valence-corrected chi connectivity index (χ3v) is 2.25. The summed E-state index contributed by atoms with van der Waals surface area (Å²) in [6.45, 7) is 1.64. The Morgan fingerprint density at radius 2 is 2.36 bits per heavy atom. The number of nitrogens with zero attached hydrogens (tertiary/aromatic N) is 2. The van der Waals surface area contributed by atoms with E-state index >= 15 is 0 Å². The Morgan fingerprint density at radius 1 is 1.57 bits per heavy atom. The van der Waals surface area contributed by atoms with E-state index in [4.69, 9.17) is 5.11 Å². The molecule has 14 heavy (non-hydrogen) atoms. The fraction of sp³-hybridized carbons (Fsp3) is 0.200.